The van der Waals surface area contributed by atoms with Crippen LogP contribution in [-0.2, 0) is 9.59 Å². The summed E-state index contributed by atoms with van der Waals surface area (Å²) in [4.78, 5) is 21.4. The third-order valence-corrected chi connectivity index (χ3v) is 2.83. The Labute approximate surface area is 112 Å². The van der Waals surface area contributed by atoms with Crippen LogP contribution >= 0.6 is 0 Å². The van der Waals surface area contributed by atoms with Gasteiger partial charge in [-0.05, 0) is 40.8 Å². The number of hydrogen-bond donors (Lipinski definition) is 2. The van der Waals surface area contributed by atoms with Gasteiger partial charge in [0.25, 0.3) is 0 Å². The summed E-state index contributed by atoms with van der Waals surface area (Å²) in [5.74, 6) is 0.471. The van der Waals surface area contributed by atoms with Crippen LogP contribution in [0.2, 0.25) is 0 Å². The standard InChI is InChI=1S/2C7H15NO/c2*1-4-5-7(8-3)6(2)9/h2*7-8H,4-5H2,1-3H3. The van der Waals surface area contributed by atoms with Crippen LogP contribution in [0.1, 0.15) is 53.4 Å². The van der Waals surface area contributed by atoms with Gasteiger partial charge in [0.15, 0.2) is 0 Å². The molecule has 0 aliphatic rings. The number of carbonyl (C=O) groups excluding carboxylic acids is 2. The zero-order chi connectivity index (χ0) is 14.6. The molecule has 0 aliphatic carbocycles. The second-order valence-electron chi connectivity index (χ2n) is 4.48. The molecule has 2 N–H and O–H groups in total. The summed E-state index contributed by atoms with van der Waals surface area (Å²) in [5, 5.41) is 5.91. The van der Waals surface area contributed by atoms with Gasteiger partial charge in [0, 0.05) is 0 Å². The van der Waals surface area contributed by atoms with Crippen molar-refractivity contribution in [2.24, 2.45) is 0 Å². The minimum absolute atomic E-state index is 0.0787. The molecule has 0 saturated heterocycles. The Morgan fingerprint density at radius 1 is 0.833 bits per heavy atom. The van der Waals surface area contributed by atoms with Crippen LogP contribution in [0.4, 0.5) is 0 Å². The second kappa shape index (κ2) is 12.7. The Morgan fingerprint density at radius 3 is 1.17 bits per heavy atom. The lowest BCUT2D eigenvalue weighted by Crippen LogP contribution is -2.31. The van der Waals surface area contributed by atoms with Gasteiger partial charge in [-0.2, -0.15) is 0 Å². The van der Waals surface area contributed by atoms with Gasteiger partial charge in [-0.1, -0.05) is 26.7 Å². The second-order valence-corrected chi connectivity index (χ2v) is 4.48. The number of rotatable bonds is 8. The van der Waals surface area contributed by atoms with Crippen LogP contribution < -0.4 is 10.6 Å². The fraction of sp³-hybridized carbons (Fsp3) is 0.857. The number of carbonyl (C=O) groups is 2. The third-order valence-electron chi connectivity index (χ3n) is 2.83. The molecule has 2 unspecified atom stereocenters. The van der Waals surface area contributed by atoms with Crippen LogP contribution in [-0.4, -0.2) is 37.7 Å². The highest BCUT2D eigenvalue weighted by Crippen LogP contribution is 1.96. The molecule has 0 saturated carbocycles. The number of Topliss-reactive ketones (excluding diaryl/α,β-unsaturated/α-hetero) is 2. The van der Waals surface area contributed by atoms with Gasteiger partial charge in [0.2, 0.25) is 0 Å². The maximum atomic E-state index is 10.7. The van der Waals surface area contributed by atoms with Gasteiger partial charge in [0.05, 0.1) is 12.1 Å². The molecule has 0 amide bonds. The van der Waals surface area contributed by atoms with E-state index in [-0.39, 0.29) is 23.7 Å². The Balaban J connectivity index is 0. The van der Waals surface area contributed by atoms with Crippen LogP contribution in [0.5, 0.6) is 0 Å². The van der Waals surface area contributed by atoms with E-state index in [1.54, 1.807) is 13.8 Å². The fourth-order valence-corrected chi connectivity index (χ4v) is 1.68. The molecule has 0 aromatic rings. The van der Waals surface area contributed by atoms with E-state index >= 15 is 0 Å². The average molecular weight is 258 g/mol. The highest BCUT2D eigenvalue weighted by atomic mass is 16.1. The molecule has 0 aliphatic heterocycles. The molecule has 0 aromatic heterocycles. The monoisotopic (exact) mass is 258 g/mol. The average Bonchev–Trinajstić information content (AvgIpc) is 2.32. The first kappa shape index (κ1) is 19.6. The van der Waals surface area contributed by atoms with E-state index in [9.17, 15) is 9.59 Å². The van der Waals surface area contributed by atoms with Crippen molar-refractivity contribution in [1.82, 2.24) is 10.6 Å². The third kappa shape index (κ3) is 10.4. The molecule has 4 nitrogen and oxygen atoms in total. The SMILES string of the molecule is CCCC(NC)C(C)=O.CCCC(NC)C(C)=O. The summed E-state index contributed by atoms with van der Waals surface area (Å²) in [6.45, 7) is 7.40. The highest BCUT2D eigenvalue weighted by molar-refractivity contribution is 5.81. The van der Waals surface area contributed by atoms with Crippen molar-refractivity contribution in [3.63, 3.8) is 0 Å². The molecular weight excluding hydrogens is 228 g/mol. The van der Waals surface area contributed by atoms with Crippen molar-refractivity contribution in [2.45, 2.75) is 65.5 Å². The largest absolute Gasteiger partial charge is 0.311 e. The fourth-order valence-electron chi connectivity index (χ4n) is 1.68. The molecule has 2 atom stereocenters. The van der Waals surface area contributed by atoms with Gasteiger partial charge in [-0.3, -0.25) is 9.59 Å². The van der Waals surface area contributed by atoms with Gasteiger partial charge < -0.3 is 10.6 Å². The van der Waals surface area contributed by atoms with Crippen LogP contribution in [0.25, 0.3) is 0 Å². The molecule has 0 rings (SSSR count). The summed E-state index contributed by atoms with van der Waals surface area (Å²) in [7, 11) is 3.64. The minimum atomic E-state index is 0.0787. The first-order valence-electron chi connectivity index (χ1n) is 6.79. The highest BCUT2D eigenvalue weighted by Gasteiger charge is 2.08. The lowest BCUT2D eigenvalue weighted by molar-refractivity contribution is -0.119. The van der Waals surface area contributed by atoms with E-state index in [1.807, 2.05) is 14.1 Å². The Hall–Kier alpha value is -0.740. The molecule has 0 spiro atoms. The smallest absolute Gasteiger partial charge is 0.146 e. The van der Waals surface area contributed by atoms with Gasteiger partial charge >= 0.3 is 0 Å². The van der Waals surface area contributed by atoms with Crippen LogP contribution in [0, 0.1) is 0 Å². The van der Waals surface area contributed by atoms with E-state index < -0.39 is 0 Å². The van der Waals surface area contributed by atoms with Gasteiger partial charge in [0.1, 0.15) is 11.6 Å². The summed E-state index contributed by atoms with van der Waals surface area (Å²) >= 11 is 0. The first-order chi connectivity index (χ1) is 8.44. The molecule has 18 heavy (non-hydrogen) atoms. The normalized spacial score (nSPS) is 13.2. The van der Waals surface area contributed by atoms with E-state index in [4.69, 9.17) is 0 Å². The number of likely N-dealkylation sites (N-methyl/N-ethyl adjacent to an activating group) is 2. The zero-order valence-corrected chi connectivity index (χ0v) is 12.8. The predicted molar refractivity (Wildman–Crippen MR) is 76.9 cm³/mol. The maximum Gasteiger partial charge on any atom is 0.146 e. The molecule has 0 aromatic carbocycles. The van der Waals surface area contributed by atoms with Crippen molar-refractivity contribution < 1.29 is 9.59 Å². The summed E-state index contributed by atoms with van der Waals surface area (Å²) in [5.41, 5.74) is 0. The Morgan fingerprint density at radius 2 is 1.11 bits per heavy atom. The van der Waals surface area contributed by atoms with E-state index in [0.29, 0.717) is 0 Å². The van der Waals surface area contributed by atoms with Crippen molar-refractivity contribution in [1.29, 1.82) is 0 Å². The number of nitrogens with one attached hydrogen (secondary N) is 2. The number of ketones is 2. The minimum Gasteiger partial charge on any atom is -0.311 e. The molecule has 0 heterocycles. The Kier molecular flexibility index (Phi) is 13.8. The summed E-state index contributed by atoms with van der Waals surface area (Å²) < 4.78 is 0. The molecular formula is C14H30N2O2. The van der Waals surface area contributed by atoms with Crippen molar-refractivity contribution in [3.8, 4) is 0 Å². The van der Waals surface area contributed by atoms with E-state index in [0.717, 1.165) is 25.7 Å². The predicted octanol–water partition coefficient (Wildman–Crippen LogP) is 1.93. The van der Waals surface area contributed by atoms with Crippen LogP contribution in [0.15, 0.2) is 0 Å². The molecule has 0 radical (unpaired) electrons. The first-order valence-corrected chi connectivity index (χ1v) is 6.79. The van der Waals surface area contributed by atoms with Crippen molar-refractivity contribution in [2.75, 3.05) is 14.1 Å². The van der Waals surface area contributed by atoms with Gasteiger partial charge in [-0.25, -0.2) is 0 Å². The lowest BCUT2D eigenvalue weighted by Gasteiger charge is -2.09. The van der Waals surface area contributed by atoms with Gasteiger partial charge in [-0.15, -0.1) is 0 Å². The summed E-state index contributed by atoms with van der Waals surface area (Å²) in [6.07, 6.45) is 4.02. The molecule has 108 valence electrons. The Bertz CT molecular complexity index is 206. The maximum absolute atomic E-state index is 10.7. The van der Waals surface area contributed by atoms with Crippen molar-refractivity contribution >= 4 is 11.6 Å². The topological polar surface area (TPSA) is 58.2 Å². The molecule has 0 bridgehead atoms. The van der Waals surface area contributed by atoms with E-state index in [2.05, 4.69) is 24.5 Å². The van der Waals surface area contributed by atoms with Crippen molar-refractivity contribution in [3.05, 3.63) is 0 Å². The van der Waals surface area contributed by atoms with E-state index in [1.165, 1.54) is 0 Å². The van der Waals surface area contributed by atoms with Crippen LogP contribution in [0.3, 0.4) is 0 Å². The summed E-state index contributed by atoms with van der Waals surface area (Å²) in [6, 6.07) is 0.157. The number of hydrogen-bond acceptors (Lipinski definition) is 4. The molecule has 0 fully saturated rings. The zero-order valence-electron chi connectivity index (χ0n) is 12.8. The quantitative estimate of drug-likeness (QED) is 0.698. The molecule has 4 heteroatoms. The lowest BCUT2D eigenvalue weighted by atomic mass is 10.1.